The molecule has 3 rings (SSSR count). The fraction of sp³-hybridized carbons (Fsp3) is 0.154. The van der Waals surface area contributed by atoms with E-state index < -0.39 is 5.97 Å². The van der Waals surface area contributed by atoms with Crippen molar-refractivity contribution in [2.75, 3.05) is 13.1 Å². The Bertz CT molecular complexity index is 664. The molecular weight excluding hydrogens is 230 g/mol. The first kappa shape index (κ1) is 10.7. The van der Waals surface area contributed by atoms with Crippen LogP contribution < -0.4 is 5.32 Å². The number of hydrogen-bond acceptors (Lipinski definition) is 4. The van der Waals surface area contributed by atoms with Crippen molar-refractivity contribution in [3.05, 3.63) is 41.6 Å². The van der Waals surface area contributed by atoms with Crippen LogP contribution in [-0.4, -0.2) is 35.0 Å². The molecule has 1 aliphatic heterocycles. The van der Waals surface area contributed by atoms with Crippen LogP contribution in [0.4, 0.5) is 0 Å². The summed E-state index contributed by atoms with van der Waals surface area (Å²) in [4.78, 5) is 19.7. The SMILES string of the molecule is O=C(O)c1nc2ccccc2cc1C1=NCCN1. The summed E-state index contributed by atoms with van der Waals surface area (Å²) in [6.45, 7) is 1.41. The van der Waals surface area contributed by atoms with E-state index in [4.69, 9.17) is 0 Å². The van der Waals surface area contributed by atoms with Crippen LogP contribution in [0, 0.1) is 0 Å². The van der Waals surface area contributed by atoms with Crippen molar-refractivity contribution in [3.63, 3.8) is 0 Å². The number of rotatable bonds is 2. The molecule has 2 heterocycles. The number of carboxylic acid groups (broad SMARTS) is 1. The number of aromatic carboxylic acids is 1. The first-order valence-electron chi connectivity index (χ1n) is 5.67. The quantitative estimate of drug-likeness (QED) is 0.830. The minimum Gasteiger partial charge on any atom is -0.476 e. The molecule has 18 heavy (non-hydrogen) atoms. The molecule has 5 heteroatoms. The van der Waals surface area contributed by atoms with E-state index in [1.807, 2.05) is 24.3 Å². The van der Waals surface area contributed by atoms with E-state index >= 15 is 0 Å². The van der Waals surface area contributed by atoms with Gasteiger partial charge in [-0.15, -0.1) is 0 Å². The number of carboxylic acids is 1. The summed E-state index contributed by atoms with van der Waals surface area (Å²) in [5, 5.41) is 13.2. The van der Waals surface area contributed by atoms with Crippen LogP contribution in [0.25, 0.3) is 10.9 Å². The summed E-state index contributed by atoms with van der Waals surface area (Å²) in [7, 11) is 0. The molecule has 0 saturated carbocycles. The maximum Gasteiger partial charge on any atom is 0.355 e. The summed E-state index contributed by atoms with van der Waals surface area (Å²) in [5.41, 5.74) is 1.28. The topological polar surface area (TPSA) is 74.6 Å². The lowest BCUT2D eigenvalue weighted by Gasteiger charge is -2.08. The summed E-state index contributed by atoms with van der Waals surface area (Å²) in [5.74, 6) is -0.419. The van der Waals surface area contributed by atoms with Crippen LogP contribution in [0.3, 0.4) is 0 Å². The summed E-state index contributed by atoms with van der Waals surface area (Å²) < 4.78 is 0. The molecule has 1 aliphatic rings. The van der Waals surface area contributed by atoms with Crippen molar-refractivity contribution >= 4 is 22.7 Å². The zero-order valence-corrected chi connectivity index (χ0v) is 9.55. The maximum absolute atomic E-state index is 11.3. The molecular formula is C13H11N3O2. The van der Waals surface area contributed by atoms with Gasteiger partial charge in [0.25, 0.3) is 0 Å². The average Bonchev–Trinajstić information content (AvgIpc) is 2.91. The molecule has 0 radical (unpaired) electrons. The van der Waals surface area contributed by atoms with Gasteiger partial charge in [0.1, 0.15) is 5.84 Å². The molecule has 0 aliphatic carbocycles. The lowest BCUT2D eigenvalue weighted by atomic mass is 10.1. The van der Waals surface area contributed by atoms with Crippen LogP contribution in [0.1, 0.15) is 16.1 Å². The zero-order valence-electron chi connectivity index (χ0n) is 9.55. The van der Waals surface area contributed by atoms with E-state index in [9.17, 15) is 9.90 Å². The number of fused-ring (bicyclic) bond motifs is 1. The van der Waals surface area contributed by atoms with Crippen LogP contribution >= 0.6 is 0 Å². The second-order valence-electron chi connectivity index (χ2n) is 4.04. The Morgan fingerprint density at radius 2 is 2.17 bits per heavy atom. The van der Waals surface area contributed by atoms with Gasteiger partial charge in [-0.1, -0.05) is 18.2 Å². The largest absolute Gasteiger partial charge is 0.476 e. The van der Waals surface area contributed by atoms with Gasteiger partial charge in [-0.2, -0.15) is 0 Å². The highest BCUT2D eigenvalue weighted by Crippen LogP contribution is 2.18. The van der Waals surface area contributed by atoms with Gasteiger partial charge >= 0.3 is 5.97 Å². The summed E-state index contributed by atoms with van der Waals surface area (Å²) in [6.07, 6.45) is 0. The van der Waals surface area contributed by atoms with Gasteiger partial charge in [0.15, 0.2) is 5.69 Å². The van der Waals surface area contributed by atoms with Crippen molar-refractivity contribution < 1.29 is 9.90 Å². The van der Waals surface area contributed by atoms with Gasteiger partial charge in [-0.25, -0.2) is 9.78 Å². The van der Waals surface area contributed by atoms with E-state index in [2.05, 4.69) is 15.3 Å². The number of carbonyl (C=O) groups is 1. The van der Waals surface area contributed by atoms with E-state index in [1.165, 1.54) is 0 Å². The van der Waals surface area contributed by atoms with Gasteiger partial charge in [-0.3, -0.25) is 4.99 Å². The Hall–Kier alpha value is -2.43. The van der Waals surface area contributed by atoms with Crippen molar-refractivity contribution in [2.24, 2.45) is 4.99 Å². The summed E-state index contributed by atoms with van der Waals surface area (Å²) in [6, 6.07) is 9.27. The molecule has 0 unspecified atom stereocenters. The van der Waals surface area contributed by atoms with E-state index in [1.54, 1.807) is 6.07 Å². The van der Waals surface area contributed by atoms with Gasteiger partial charge in [-0.05, 0) is 12.1 Å². The third kappa shape index (κ3) is 1.69. The van der Waals surface area contributed by atoms with Crippen LogP contribution in [0.5, 0.6) is 0 Å². The normalized spacial score (nSPS) is 14.3. The molecule has 0 atom stereocenters. The lowest BCUT2D eigenvalue weighted by Crippen LogP contribution is -2.23. The molecule has 5 nitrogen and oxygen atoms in total. The molecule has 2 aromatic rings. The Kier molecular flexibility index (Phi) is 2.44. The van der Waals surface area contributed by atoms with E-state index in [-0.39, 0.29) is 5.69 Å². The number of aromatic nitrogens is 1. The average molecular weight is 241 g/mol. The molecule has 0 amide bonds. The number of hydrogen-bond donors (Lipinski definition) is 2. The van der Waals surface area contributed by atoms with E-state index in [0.717, 1.165) is 11.9 Å². The first-order valence-corrected chi connectivity index (χ1v) is 5.67. The third-order valence-electron chi connectivity index (χ3n) is 2.86. The van der Waals surface area contributed by atoms with E-state index in [0.29, 0.717) is 23.5 Å². The Morgan fingerprint density at radius 1 is 1.33 bits per heavy atom. The molecule has 1 aromatic heterocycles. The molecule has 90 valence electrons. The predicted molar refractivity (Wildman–Crippen MR) is 68.1 cm³/mol. The summed E-state index contributed by atoms with van der Waals surface area (Å²) >= 11 is 0. The minimum absolute atomic E-state index is 0.0434. The number of nitrogens with one attached hydrogen (secondary N) is 1. The number of nitrogens with zero attached hydrogens (tertiary/aromatic N) is 2. The maximum atomic E-state index is 11.3. The van der Waals surface area contributed by atoms with Crippen molar-refractivity contribution in [1.29, 1.82) is 0 Å². The number of benzene rings is 1. The van der Waals surface area contributed by atoms with Crippen molar-refractivity contribution in [2.45, 2.75) is 0 Å². The number of amidine groups is 1. The van der Waals surface area contributed by atoms with Crippen molar-refractivity contribution in [3.8, 4) is 0 Å². The van der Waals surface area contributed by atoms with Crippen molar-refractivity contribution in [1.82, 2.24) is 10.3 Å². The molecule has 2 N–H and O–H groups in total. The molecule has 0 fully saturated rings. The van der Waals surface area contributed by atoms with Crippen LogP contribution in [0.2, 0.25) is 0 Å². The molecule has 0 spiro atoms. The first-order chi connectivity index (χ1) is 8.75. The van der Waals surface area contributed by atoms with Gasteiger partial charge in [0, 0.05) is 11.9 Å². The zero-order chi connectivity index (χ0) is 12.5. The standard InChI is InChI=1S/C13H11N3O2/c17-13(18)11-9(12-14-5-6-15-12)7-8-3-1-2-4-10(8)16-11/h1-4,7H,5-6H2,(H,14,15)(H,17,18). The highest BCUT2D eigenvalue weighted by molar-refractivity contribution is 6.09. The van der Waals surface area contributed by atoms with Crippen LogP contribution in [0.15, 0.2) is 35.3 Å². The number of aliphatic imine (C=N–C) groups is 1. The molecule has 0 saturated heterocycles. The smallest absolute Gasteiger partial charge is 0.355 e. The highest BCUT2D eigenvalue weighted by Gasteiger charge is 2.19. The van der Waals surface area contributed by atoms with Gasteiger partial charge in [0.2, 0.25) is 0 Å². The van der Waals surface area contributed by atoms with Gasteiger partial charge in [0.05, 0.1) is 17.6 Å². The predicted octanol–water partition coefficient (Wildman–Crippen LogP) is 1.28. The number of pyridine rings is 1. The Labute approximate surface area is 103 Å². The third-order valence-corrected chi connectivity index (χ3v) is 2.86. The minimum atomic E-state index is -1.04. The second-order valence-corrected chi connectivity index (χ2v) is 4.04. The fourth-order valence-electron chi connectivity index (χ4n) is 2.04. The fourth-order valence-corrected chi connectivity index (χ4v) is 2.04. The molecule has 0 bridgehead atoms. The highest BCUT2D eigenvalue weighted by atomic mass is 16.4. The number of para-hydroxylation sites is 1. The van der Waals surface area contributed by atoms with Gasteiger partial charge < -0.3 is 10.4 Å². The van der Waals surface area contributed by atoms with Crippen LogP contribution in [-0.2, 0) is 0 Å². The second kappa shape index (κ2) is 4.10. The monoisotopic (exact) mass is 241 g/mol. The lowest BCUT2D eigenvalue weighted by molar-refractivity contribution is 0.0690. The Balaban J connectivity index is 2.27. The molecule has 1 aromatic carbocycles. The Morgan fingerprint density at radius 3 is 2.89 bits per heavy atom.